The lowest BCUT2D eigenvalue weighted by Gasteiger charge is -2.08. The molecule has 7 nitrogen and oxygen atoms in total. The van der Waals surface area contributed by atoms with Gasteiger partial charge in [-0.3, -0.25) is 14.9 Å². The van der Waals surface area contributed by atoms with Crippen molar-refractivity contribution < 1.29 is 18.1 Å². The molecule has 0 aliphatic heterocycles. The molecule has 9 heteroatoms. The molecule has 1 aromatic carbocycles. The molecule has 0 aromatic heterocycles. The molecule has 1 N–H and O–H groups in total. The number of nitrogens with zero attached hydrogens (tertiary/aromatic N) is 1. The summed E-state index contributed by atoms with van der Waals surface area (Å²) < 4.78 is 23.0. The van der Waals surface area contributed by atoms with Crippen LogP contribution in [0.3, 0.4) is 0 Å². The number of amides is 1. The maximum Gasteiger partial charge on any atom is 0.274 e. The highest BCUT2D eigenvalue weighted by Gasteiger charge is 2.26. The monoisotopic (exact) mass is 332 g/mol. The van der Waals surface area contributed by atoms with Gasteiger partial charge in [0.25, 0.3) is 20.6 Å². The van der Waals surface area contributed by atoms with E-state index >= 15 is 0 Å². The first-order valence-corrected chi connectivity index (χ1v) is 8.53. The van der Waals surface area contributed by atoms with Gasteiger partial charge in [-0.05, 0) is 31.7 Å². The summed E-state index contributed by atoms with van der Waals surface area (Å²) >= 11 is 0. The molecule has 1 amide bonds. The van der Waals surface area contributed by atoms with Gasteiger partial charge in [0.05, 0.1) is 9.82 Å². The maximum atomic E-state index is 12.0. The fourth-order valence-corrected chi connectivity index (χ4v) is 3.13. The van der Waals surface area contributed by atoms with Crippen LogP contribution in [0.25, 0.3) is 0 Å². The van der Waals surface area contributed by atoms with Crippen molar-refractivity contribution in [3.05, 3.63) is 33.4 Å². The highest BCUT2D eigenvalue weighted by molar-refractivity contribution is 8.13. The van der Waals surface area contributed by atoms with Crippen molar-refractivity contribution in [3.8, 4) is 0 Å². The first-order chi connectivity index (χ1) is 9.70. The van der Waals surface area contributed by atoms with Crippen molar-refractivity contribution in [1.82, 2.24) is 5.32 Å². The van der Waals surface area contributed by atoms with Crippen LogP contribution in [-0.4, -0.2) is 25.8 Å². The summed E-state index contributed by atoms with van der Waals surface area (Å²) in [6, 6.07) is 2.12. The van der Waals surface area contributed by atoms with Gasteiger partial charge in [0.2, 0.25) is 0 Å². The number of nitro groups is 1. The minimum Gasteiger partial charge on any atom is -0.352 e. The fraction of sp³-hybridized carbons (Fsp3) is 0.417. The zero-order valence-electron chi connectivity index (χ0n) is 11.1. The molecule has 0 unspecified atom stereocenters. The third-order valence-electron chi connectivity index (χ3n) is 3.30. The van der Waals surface area contributed by atoms with Crippen LogP contribution in [0.1, 0.15) is 28.8 Å². The lowest BCUT2D eigenvalue weighted by atomic mass is 10.1. The zero-order chi connectivity index (χ0) is 15.8. The Bertz CT molecular complexity index is 713. The number of carbonyl (C=O) groups excluding carboxylic acids is 1. The molecule has 0 saturated heterocycles. The summed E-state index contributed by atoms with van der Waals surface area (Å²) in [5.74, 6) is -0.114. The lowest BCUT2D eigenvalue weighted by molar-refractivity contribution is -0.385. The molecule has 0 radical (unpaired) electrons. The summed E-state index contributed by atoms with van der Waals surface area (Å²) in [6.07, 6.45) is 2.07. The maximum absolute atomic E-state index is 12.0. The Labute approximate surface area is 125 Å². The van der Waals surface area contributed by atoms with Gasteiger partial charge in [-0.1, -0.05) is 0 Å². The number of benzene rings is 1. The quantitative estimate of drug-likeness (QED) is 0.504. The Hall–Kier alpha value is -1.67. The topological polar surface area (TPSA) is 106 Å². The molecule has 2 rings (SSSR count). The Morgan fingerprint density at radius 2 is 2.10 bits per heavy atom. The highest BCUT2D eigenvalue weighted by Crippen LogP contribution is 2.30. The predicted octanol–water partition coefficient (Wildman–Crippen LogP) is 1.97. The van der Waals surface area contributed by atoms with Crippen LogP contribution in [0.5, 0.6) is 0 Å². The van der Waals surface area contributed by atoms with Crippen molar-refractivity contribution in [3.63, 3.8) is 0 Å². The number of hydrogen-bond donors (Lipinski definition) is 1. The van der Waals surface area contributed by atoms with Crippen LogP contribution in [0.2, 0.25) is 0 Å². The van der Waals surface area contributed by atoms with Crippen molar-refractivity contribution in [2.45, 2.75) is 24.7 Å². The van der Waals surface area contributed by atoms with Gasteiger partial charge >= 0.3 is 0 Å². The average Bonchev–Trinajstić information content (AvgIpc) is 3.18. The zero-order valence-corrected chi connectivity index (χ0v) is 12.7. The molecule has 0 spiro atoms. The molecule has 1 aliphatic rings. The van der Waals surface area contributed by atoms with Gasteiger partial charge in [0, 0.05) is 34.4 Å². The summed E-state index contributed by atoms with van der Waals surface area (Å²) in [5, 5.41) is 13.6. The van der Waals surface area contributed by atoms with E-state index in [0.717, 1.165) is 25.0 Å². The fourth-order valence-electron chi connectivity index (χ4n) is 1.91. The van der Waals surface area contributed by atoms with Gasteiger partial charge < -0.3 is 5.32 Å². The minimum absolute atomic E-state index is 0.0891. The van der Waals surface area contributed by atoms with Gasteiger partial charge in [0.1, 0.15) is 0 Å². The van der Waals surface area contributed by atoms with E-state index in [1.165, 1.54) is 6.92 Å². The van der Waals surface area contributed by atoms with Gasteiger partial charge in [-0.25, -0.2) is 8.42 Å². The number of hydrogen-bond acceptors (Lipinski definition) is 5. The van der Waals surface area contributed by atoms with E-state index in [2.05, 4.69) is 5.32 Å². The van der Waals surface area contributed by atoms with Crippen LogP contribution >= 0.6 is 10.7 Å². The first-order valence-electron chi connectivity index (χ1n) is 6.22. The molecule has 1 fully saturated rings. The molecule has 0 heterocycles. The normalized spacial score (nSPS) is 14.8. The van der Waals surface area contributed by atoms with Crippen LogP contribution in [0.4, 0.5) is 5.69 Å². The summed E-state index contributed by atoms with van der Waals surface area (Å²) in [4.78, 5) is 21.8. The first kappa shape index (κ1) is 15.7. The SMILES string of the molecule is Cc1c([N+](=O)[O-])cc(C(=O)NCC2CC2)cc1S(=O)(=O)Cl. The van der Waals surface area contributed by atoms with Crippen LogP contribution in [-0.2, 0) is 9.05 Å². The van der Waals surface area contributed by atoms with Crippen molar-refractivity contribution >= 4 is 31.3 Å². The molecule has 1 aliphatic carbocycles. The summed E-state index contributed by atoms with van der Waals surface area (Å²) in [6.45, 7) is 1.75. The van der Waals surface area contributed by atoms with Gasteiger partial charge in [0.15, 0.2) is 0 Å². The molecule has 1 saturated carbocycles. The second kappa shape index (κ2) is 5.61. The number of carbonyl (C=O) groups is 1. The minimum atomic E-state index is -4.18. The van der Waals surface area contributed by atoms with E-state index in [4.69, 9.17) is 10.7 Å². The Morgan fingerprint density at radius 3 is 2.57 bits per heavy atom. The Morgan fingerprint density at radius 1 is 1.48 bits per heavy atom. The van der Waals surface area contributed by atoms with Gasteiger partial charge in [-0.2, -0.15) is 0 Å². The van der Waals surface area contributed by atoms with E-state index in [1.54, 1.807) is 0 Å². The summed E-state index contributed by atoms with van der Waals surface area (Å²) in [7, 11) is 1.10. The van der Waals surface area contributed by atoms with Crippen molar-refractivity contribution in [2.75, 3.05) is 6.54 Å². The van der Waals surface area contributed by atoms with Crippen LogP contribution < -0.4 is 5.32 Å². The second-order valence-corrected chi connectivity index (χ2v) is 7.50. The van der Waals surface area contributed by atoms with Crippen molar-refractivity contribution in [2.24, 2.45) is 5.92 Å². The molecular weight excluding hydrogens is 320 g/mol. The highest BCUT2D eigenvalue weighted by atomic mass is 35.7. The van der Waals surface area contributed by atoms with E-state index in [9.17, 15) is 23.3 Å². The van der Waals surface area contributed by atoms with E-state index in [0.29, 0.717) is 12.5 Å². The second-order valence-electron chi connectivity index (χ2n) is 4.97. The molecule has 1 aromatic rings. The molecule has 21 heavy (non-hydrogen) atoms. The summed E-state index contributed by atoms with van der Waals surface area (Å²) in [5.41, 5.74) is -0.630. The Kier molecular flexibility index (Phi) is 4.20. The standard InChI is InChI=1S/C12H13ClN2O5S/c1-7-10(15(17)18)4-9(5-11(7)21(13,19)20)12(16)14-6-8-2-3-8/h4-5,8H,2-3,6H2,1H3,(H,14,16). The van der Waals surface area contributed by atoms with E-state index < -0.39 is 30.5 Å². The third-order valence-corrected chi connectivity index (χ3v) is 4.75. The number of nitrogens with one attached hydrogen (secondary N) is 1. The lowest BCUT2D eigenvalue weighted by Crippen LogP contribution is -2.25. The van der Waals surface area contributed by atoms with Crippen LogP contribution in [0, 0.1) is 23.0 Å². The van der Waals surface area contributed by atoms with Crippen molar-refractivity contribution in [1.29, 1.82) is 0 Å². The number of halogens is 1. The number of nitro benzene ring substituents is 1. The van der Waals surface area contributed by atoms with E-state index in [1.807, 2.05) is 0 Å². The smallest absolute Gasteiger partial charge is 0.274 e. The molecule has 0 atom stereocenters. The van der Waals surface area contributed by atoms with Gasteiger partial charge in [-0.15, -0.1) is 0 Å². The average molecular weight is 333 g/mol. The Balaban J connectivity index is 2.43. The van der Waals surface area contributed by atoms with E-state index in [-0.39, 0.29) is 11.1 Å². The largest absolute Gasteiger partial charge is 0.352 e. The third kappa shape index (κ3) is 3.70. The number of rotatable bonds is 5. The predicted molar refractivity (Wildman–Crippen MR) is 75.9 cm³/mol. The molecular formula is C12H13ClN2O5S. The van der Waals surface area contributed by atoms with Crippen LogP contribution in [0.15, 0.2) is 17.0 Å². The molecule has 114 valence electrons. The molecule has 0 bridgehead atoms.